The van der Waals surface area contributed by atoms with Crippen LogP contribution in [0.5, 0.6) is 5.75 Å². The summed E-state index contributed by atoms with van der Waals surface area (Å²) in [6.45, 7) is 2.27. The Morgan fingerprint density at radius 2 is 2.00 bits per heavy atom. The van der Waals surface area contributed by atoms with E-state index in [4.69, 9.17) is 4.74 Å². The molecule has 2 aromatic carbocycles. The van der Waals surface area contributed by atoms with Gasteiger partial charge in [-0.1, -0.05) is 18.2 Å². The maximum atomic E-state index is 13.7. The summed E-state index contributed by atoms with van der Waals surface area (Å²) in [6, 6.07) is 10.6. The Kier molecular flexibility index (Phi) is 6.26. The number of quaternary nitrogens is 1. The van der Waals surface area contributed by atoms with Gasteiger partial charge in [0.15, 0.2) is 6.54 Å². The monoisotopic (exact) mass is 335 g/mol. The van der Waals surface area contributed by atoms with Crippen molar-refractivity contribution in [2.75, 3.05) is 13.7 Å². The van der Waals surface area contributed by atoms with E-state index in [-0.39, 0.29) is 18.5 Å². The summed E-state index contributed by atoms with van der Waals surface area (Å²) in [7, 11) is 1.58. The van der Waals surface area contributed by atoms with Crippen molar-refractivity contribution in [3.8, 4) is 5.75 Å². The van der Waals surface area contributed by atoms with E-state index < -0.39 is 11.6 Å². The first-order valence-electron chi connectivity index (χ1n) is 7.68. The summed E-state index contributed by atoms with van der Waals surface area (Å²) >= 11 is 0. The Balaban J connectivity index is 1.84. The summed E-state index contributed by atoms with van der Waals surface area (Å²) in [5.41, 5.74) is 1.25. The minimum Gasteiger partial charge on any atom is -0.496 e. The number of methoxy groups -OCH3 is 1. The fourth-order valence-electron chi connectivity index (χ4n) is 2.40. The second-order valence-corrected chi connectivity index (χ2v) is 5.48. The fourth-order valence-corrected chi connectivity index (χ4v) is 2.40. The molecular formula is C18H21F2N2O2+. The summed E-state index contributed by atoms with van der Waals surface area (Å²) in [5, 5.41) is 4.50. The maximum absolute atomic E-state index is 13.7. The average Bonchev–Trinajstić information content (AvgIpc) is 2.58. The molecule has 0 heterocycles. The summed E-state index contributed by atoms with van der Waals surface area (Å²) in [5.74, 6) is -0.676. The van der Waals surface area contributed by atoms with Gasteiger partial charge in [-0.3, -0.25) is 4.79 Å². The normalized spacial score (nSPS) is 11.8. The predicted octanol–water partition coefficient (Wildman–Crippen LogP) is 1.91. The van der Waals surface area contributed by atoms with Gasteiger partial charge in [-0.2, -0.15) is 0 Å². The number of amides is 1. The van der Waals surface area contributed by atoms with E-state index in [1.807, 2.05) is 24.3 Å². The first-order valence-corrected chi connectivity index (χ1v) is 7.68. The number of ether oxygens (including phenoxy) is 1. The number of halogens is 2. The molecule has 4 nitrogen and oxygen atoms in total. The van der Waals surface area contributed by atoms with Crippen LogP contribution < -0.4 is 15.4 Å². The van der Waals surface area contributed by atoms with Crippen molar-refractivity contribution in [1.82, 2.24) is 5.32 Å². The molecule has 0 fully saturated rings. The lowest BCUT2D eigenvalue weighted by Gasteiger charge is -2.13. The molecule has 0 unspecified atom stereocenters. The van der Waals surface area contributed by atoms with Gasteiger partial charge >= 0.3 is 0 Å². The topological polar surface area (TPSA) is 54.9 Å². The quantitative estimate of drug-likeness (QED) is 0.812. The molecule has 2 rings (SSSR count). The average molecular weight is 335 g/mol. The number of carbonyl (C=O) groups is 1. The molecule has 0 spiro atoms. The van der Waals surface area contributed by atoms with Crippen LogP contribution in [0.2, 0.25) is 0 Å². The standard InChI is InChI=1S/C18H20F2N2O2/c1-12(15-8-7-14(19)9-16(15)20)21-11-18(23)22-10-13-5-3-4-6-17(13)24-2/h3-9,12,21H,10-11H2,1-2H3,(H,22,23)/p+1/t12-/m0/s1. The second-order valence-electron chi connectivity index (χ2n) is 5.48. The zero-order chi connectivity index (χ0) is 17.5. The van der Waals surface area contributed by atoms with Gasteiger partial charge in [0.1, 0.15) is 23.4 Å². The van der Waals surface area contributed by atoms with Crippen molar-refractivity contribution in [1.29, 1.82) is 0 Å². The Hall–Kier alpha value is -2.47. The minimum atomic E-state index is -0.613. The van der Waals surface area contributed by atoms with Crippen molar-refractivity contribution in [3.05, 3.63) is 65.2 Å². The first kappa shape index (κ1) is 17.9. The number of benzene rings is 2. The summed E-state index contributed by atoms with van der Waals surface area (Å²) < 4.78 is 31.9. The largest absolute Gasteiger partial charge is 0.496 e. The molecule has 0 aliphatic carbocycles. The van der Waals surface area contributed by atoms with Gasteiger partial charge < -0.3 is 15.4 Å². The lowest BCUT2D eigenvalue weighted by Crippen LogP contribution is -2.87. The van der Waals surface area contributed by atoms with Gasteiger partial charge in [0.25, 0.3) is 5.91 Å². The number of nitrogens with two attached hydrogens (primary N) is 1. The van der Waals surface area contributed by atoms with Gasteiger partial charge in [-0.25, -0.2) is 8.78 Å². The van der Waals surface area contributed by atoms with E-state index in [0.717, 1.165) is 11.6 Å². The number of carbonyl (C=O) groups excluding carboxylic acids is 1. The minimum absolute atomic E-state index is 0.146. The highest BCUT2D eigenvalue weighted by Gasteiger charge is 2.16. The van der Waals surface area contributed by atoms with Crippen LogP contribution in [0.15, 0.2) is 42.5 Å². The molecule has 1 amide bonds. The highest BCUT2D eigenvalue weighted by atomic mass is 19.1. The molecule has 0 saturated heterocycles. The zero-order valence-electron chi connectivity index (χ0n) is 13.7. The number of nitrogens with one attached hydrogen (secondary N) is 1. The molecule has 0 radical (unpaired) electrons. The van der Waals surface area contributed by atoms with Crippen LogP contribution in [0.4, 0.5) is 8.78 Å². The summed E-state index contributed by atoms with van der Waals surface area (Å²) in [4.78, 5) is 12.0. The molecule has 6 heteroatoms. The van der Waals surface area contributed by atoms with Crippen LogP contribution in [0.25, 0.3) is 0 Å². The maximum Gasteiger partial charge on any atom is 0.275 e. The van der Waals surface area contributed by atoms with Crippen LogP contribution in [-0.2, 0) is 11.3 Å². The third-order valence-electron chi connectivity index (χ3n) is 3.78. The third-order valence-corrected chi connectivity index (χ3v) is 3.78. The Labute approximate surface area is 139 Å². The second kappa shape index (κ2) is 8.40. The lowest BCUT2D eigenvalue weighted by molar-refractivity contribution is -0.682. The van der Waals surface area contributed by atoms with Crippen LogP contribution in [0, 0.1) is 11.6 Å². The lowest BCUT2D eigenvalue weighted by atomic mass is 10.1. The Morgan fingerprint density at radius 3 is 2.71 bits per heavy atom. The van der Waals surface area contributed by atoms with Gasteiger partial charge in [-0.05, 0) is 25.1 Å². The molecule has 3 N–H and O–H groups in total. The smallest absolute Gasteiger partial charge is 0.275 e. The van der Waals surface area contributed by atoms with E-state index in [1.165, 1.54) is 12.1 Å². The highest BCUT2D eigenvalue weighted by molar-refractivity contribution is 5.76. The van der Waals surface area contributed by atoms with Crippen molar-refractivity contribution in [2.24, 2.45) is 0 Å². The van der Waals surface area contributed by atoms with E-state index in [1.54, 1.807) is 19.4 Å². The molecule has 24 heavy (non-hydrogen) atoms. The molecule has 0 aliphatic heterocycles. The number of hydrogen-bond acceptors (Lipinski definition) is 2. The van der Waals surface area contributed by atoms with E-state index in [2.05, 4.69) is 5.32 Å². The fraction of sp³-hybridized carbons (Fsp3) is 0.278. The Bertz CT molecular complexity index is 707. The number of para-hydroxylation sites is 1. The third kappa shape index (κ3) is 4.76. The van der Waals surface area contributed by atoms with Crippen LogP contribution in [-0.4, -0.2) is 19.6 Å². The molecule has 0 saturated carbocycles. The van der Waals surface area contributed by atoms with E-state index >= 15 is 0 Å². The molecule has 0 aliphatic rings. The first-order chi connectivity index (χ1) is 11.5. The van der Waals surface area contributed by atoms with Crippen LogP contribution in [0.3, 0.4) is 0 Å². The molecule has 0 aromatic heterocycles. The van der Waals surface area contributed by atoms with Gasteiger partial charge in [-0.15, -0.1) is 0 Å². The van der Waals surface area contributed by atoms with Gasteiger partial charge in [0, 0.05) is 23.7 Å². The van der Waals surface area contributed by atoms with Crippen molar-refractivity contribution in [3.63, 3.8) is 0 Å². The van der Waals surface area contributed by atoms with Crippen LogP contribution in [0.1, 0.15) is 24.1 Å². The molecule has 2 aromatic rings. The molecule has 0 bridgehead atoms. The summed E-state index contributed by atoms with van der Waals surface area (Å²) in [6.07, 6.45) is 0. The molecular weight excluding hydrogens is 314 g/mol. The van der Waals surface area contributed by atoms with Crippen LogP contribution >= 0.6 is 0 Å². The highest BCUT2D eigenvalue weighted by Crippen LogP contribution is 2.16. The Morgan fingerprint density at radius 1 is 1.25 bits per heavy atom. The van der Waals surface area contributed by atoms with E-state index in [9.17, 15) is 13.6 Å². The van der Waals surface area contributed by atoms with Crippen molar-refractivity contribution >= 4 is 5.91 Å². The molecule has 1 atom stereocenters. The number of rotatable bonds is 7. The van der Waals surface area contributed by atoms with E-state index in [0.29, 0.717) is 17.9 Å². The predicted molar refractivity (Wildman–Crippen MR) is 86.4 cm³/mol. The van der Waals surface area contributed by atoms with Crippen molar-refractivity contribution in [2.45, 2.75) is 19.5 Å². The van der Waals surface area contributed by atoms with Gasteiger partial charge in [0.05, 0.1) is 7.11 Å². The van der Waals surface area contributed by atoms with Crippen molar-refractivity contribution < 1.29 is 23.6 Å². The number of hydrogen-bond donors (Lipinski definition) is 2. The zero-order valence-corrected chi connectivity index (χ0v) is 13.7. The SMILES string of the molecule is COc1ccccc1CNC(=O)C[NH2+][C@@H](C)c1ccc(F)cc1F. The van der Waals surface area contributed by atoms with Gasteiger partial charge in [0.2, 0.25) is 0 Å². The molecule has 128 valence electrons.